The van der Waals surface area contributed by atoms with Gasteiger partial charge in [0.2, 0.25) is 5.91 Å². The Balaban J connectivity index is 1.06. The molecular weight excluding hydrogens is 1100 g/mol. The average Bonchev–Trinajstić information content (AvgIpc) is 1.59. The van der Waals surface area contributed by atoms with E-state index >= 15 is 9.18 Å². The second-order valence-corrected chi connectivity index (χ2v) is 25.1. The molecule has 82 heavy (non-hydrogen) atoms. The summed E-state index contributed by atoms with van der Waals surface area (Å²) in [5.41, 5.74) is 0.0839. The molecule has 2 N–H and O–H groups in total. The van der Waals surface area contributed by atoms with Crippen LogP contribution in [-0.4, -0.2) is 104 Å². The van der Waals surface area contributed by atoms with E-state index < -0.39 is 79.0 Å². The maximum Gasteiger partial charge on any atom is 0.482 e. The number of halogens is 2. The first-order chi connectivity index (χ1) is 39.0. The van der Waals surface area contributed by atoms with Gasteiger partial charge in [0.25, 0.3) is 0 Å². The SMILES string of the molecule is COc1ccc(CN2CCN(C(=O)NC(C(=O)NC(Cc3ccc(F)c(C(=O)OC(C)(C)C)c3OC)B3O[C@@H]4C[C@@H]5C[C@@H](C5(C)C)[C@]4(C)O3)c3ccc(P(=O)(OCc4ccccc4)OCc4ccccc4)cc3)C(=O)C2=O)c(Cl)c1OC. The second kappa shape index (κ2) is 24.2. The zero-order valence-electron chi connectivity index (χ0n) is 47.3. The molecule has 0 radical (unpaired) electrons. The third-order valence-corrected chi connectivity index (χ3v) is 18.4. The number of hydrogen-bond acceptors (Lipinski definition) is 14. The van der Waals surface area contributed by atoms with Gasteiger partial charge in [-0.15, -0.1) is 0 Å². The third kappa shape index (κ3) is 12.3. The highest BCUT2D eigenvalue weighted by atomic mass is 35.5. The zero-order valence-corrected chi connectivity index (χ0v) is 49.0. The van der Waals surface area contributed by atoms with E-state index in [0.717, 1.165) is 23.6 Å². The molecule has 2 bridgehead atoms. The van der Waals surface area contributed by atoms with Crippen LogP contribution in [-0.2, 0) is 68.2 Å². The molecule has 3 saturated carbocycles. The van der Waals surface area contributed by atoms with Crippen molar-refractivity contribution in [3.05, 3.63) is 153 Å². The van der Waals surface area contributed by atoms with Crippen molar-refractivity contribution < 1.29 is 70.2 Å². The van der Waals surface area contributed by atoms with E-state index in [9.17, 15) is 23.7 Å². The van der Waals surface area contributed by atoms with Gasteiger partial charge in [-0.05, 0) is 116 Å². The fraction of sp³-hybridized carbons (Fsp3) is 0.417. The van der Waals surface area contributed by atoms with Crippen LogP contribution in [0.5, 0.6) is 17.2 Å². The average molecular weight is 1170 g/mol. The van der Waals surface area contributed by atoms with E-state index in [2.05, 4.69) is 24.5 Å². The van der Waals surface area contributed by atoms with Crippen LogP contribution < -0.4 is 30.1 Å². The van der Waals surface area contributed by atoms with Gasteiger partial charge >= 0.3 is 38.5 Å². The number of nitrogens with one attached hydrogen (secondary N) is 2. The van der Waals surface area contributed by atoms with E-state index in [1.54, 1.807) is 32.9 Å². The number of amides is 5. The molecule has 5 fully saturated rings. The summed E-state index contributed by atoms with van der Waals surface area (Å²) in [7, 11) is -1.11. The first-order valence-electron chi connectivity index (χ1n) is 27.1. The number of ether oxygens (including phenoxy) is 4. The summed E-state index contributed by atoms with van der Waals surface area (Å²) in [5.74, 6) is -5.06. The van der Waals surface area contributed by atoms with Crippen LogP contribution in [0.1, 0.15) is 98.6 Å². The highest BCUT2D eigenvalue weighted by Gasteiger charge is 2.68. The molecule has 2 unspecified atom stereocenters. The van der Waals surface area contributed by atoms with Gasteiger partial charge in [-0.1, -0.05) is 110 Å². The monoisotopic (exact) mass is 1160 g/mol. The fourth-order valence-corrected chi connectivity index (χ4v) is 13.4. The lowest BCUT2D eigenvalue weighted by atomic mass is 9.43. The number of imide groups is 1. The summed E-state index contributed by atoms with van der Waals surface area (Å²) in [5, 5.41) is 6.07. The van der Waals surface area contributed by atoms with E-state index in [0.29, 0.717) is 28.6 Å². The number of carbonyl (C=O) groups excluding carboxylic acids is 5. The van der Waals surface area contributed by atoms with Gasteiger partial charge in [-0.25, -0.2) is 14.0 Å². The van der Waals surface area contributed by atoms with Crippen molar-refractivity contribution in [2.75, 3.05) is 34.4 Å². The van der Waals surface area contributed by atoms with Crippen molar-refractivity contribution in [2.24, 2.45) is 17.3 Å². The van der Waals surface area contributed by atoms with Crippen molar-refractivity contribution in [3.63, 3.8) is 0 Å². The minimum atomic E-state index is -4.13. The molecule has 18 nitrogen and oxygen atoms in total. The van der Waals surface area contributed by atoms with Crippen molar-refractivity contribution in [3.8, 4) is 17.2 Å². The van der Waals surface area contributed by atoms with Crippen LogP contribution in [0.2, 0.25) is 5.02 Å². The summed E-state index contributed by atoms with van der Waals surface area (Å²) in [4.78, 5) is 73.5. The van der Waals surface area contributed by atoms with Gasteiger partial charge in [0, 0.05) is 19.6 Å². The maximum absolute atomic E-state index is 15.8. The smallest absolute Gasteiger partial charge is 0.482 e. The van der Waals surface area contributed by atoms with Gasteiger partial charge < -0.3 is 52.8 Å². The minimum Gasteiger partial charge on any atom is -0.495 e. The van der Waals surface area contributed by atoms with Crippen LogP contribution >= 0.6 is 19.2 Å². The lowest BCUT2D eigenvalue weighted by molar-refractivity contribution is -0.199. The Kier molecular flexibility index (Phi) is 17.6. The number of urea groups is 1. The summed E-state index contributed by atoms with van der Waals surface area (Å²) in [6, 6.07) is 27.2. The Morgan fingerprint density at radius 3 is 2.00 bits per heavy atom. The van der Waals surface area contributed by atoms with Gasteiger partial charge in [0.05, 0.1) is 62.5 Å². The summed E-state index contributed by atoms with van der Waals surface area (Å²) in [6.07, 6.45) is 1.09. The molecule has 5 amide bonds. The van der Waals surface area contributed by atoms with Crippen molar-refractivity contribution in [1.82, 2.24) is 20.4 Å². The van der Waals surface area contributed by atoms with Crippen LogP contribution in [0.3, 0.4) is 0 Å². The lowest BCUT2D eigenvalue weighted by Gasteiger charge is -2.64. The Bertz CT molecular complexity index is 3220. The van der Waals surface area contributed by atoms with Crippen molar-refractivity contribution in [2.45, 2.75) is 110 Å². The van der Waals surface area contributed by atoms with Gasteiger partial charge in [-0.2, -0.15) is 0 Å². The largest absolute Gasteiger partial charge is 0.495 e. The topological polar surface area (TPSA) is 207 Å². The first-order valence-corrected chi connectivity index (χ1v) is 29.0. The molecule has 2 saturated heterocycles. The number of methoxy groups -OCH3 is 3. The van der Waals surface area contributed by atoms with Crippen molar-refractivity contribution >= 4 is 61.3 Å². The zero-order chi connectivity index (χ0) is 58.9. The Hall–Kier alpha value is -6.80. The molecule has 22 heteroatoms. The van der Waals surface area contributed by atoms with Crippen LogP contribution in [0, 0.1) is 23.1 Å². The quantitative estimate of drug-likeness (QED) is 0.0322. The molecule has 5 aromatic carbocycles. The molecule has 3 aliphatic carbocycles. The number of nitrogens with zero attached hydrogens (tertiary/aromatic N) is 2. The van der Waals surface area contributed by atoms with Gasteiger partial charge in [-0.3, -0.25) is 23.8 Å². The molecule has 5 aromatic rings. The second-order valence-electron chi connectivity index (χ2n) is 22.7. The predicted octanol–water partition coefficient (Wildman–Crippen LogP) is 9.33. The number of benzene rings is 5. The number of rotatable bonds is 20. The Morgan fingerprint density at radius 1 is 0.793 bits per heavy atom. The summed E-state index contributed by atoms with van der Waals surface area (Å²) >= 11 is 6.65. The van der Waals surface area contributed by atoms with Gasteiger partial charge in [0.15, 0.2) is 11.5 Å². The lowest BCUT2D eigenvalue weighted by Crippen LogP contribution is -2.65. The number of hydrogen-bond donors (Lipinski definition) is 2. The van der Waals surface area contributed by atoms with E-state index in [1.807, 2.05) is 67.6 Å². The molecule has 2 heterocycles. The number of esters is 1. The van der Waals surface area contributed by atoms with E-state index in [-0.39, 0.29) is 89.7 Å². The van der Waals surface area contributed by atoms with Crippen LogP contribution in [0.4, 0.5) is 9.18 Å². The molecular formula is C60H68BClFN4O14P. The minimum absolute atomic E-state index is 0.0595. The van der Waals surface area contributed by atoms with Gasteiger partial charge in [0.1, 0.15) is 28.8 Å². The summed E-state index contributed by atoms with van der Waals surface area (Å²) < 4.78 is 78.8. The number of piperazine rings is 1. The predicted molar refractivity (Wildman–Crippen MR) is 303 cm³/mol. The Labute approximate surface area is 482 Å². The third-order valence-electron chi connectivity index (χ3n) is 16.1. The molecule has 10 rings (SSSR count). The molecule has 0 spiro atoms. The molecule has 2 aliphatic heterocycles. The highest BCUT2D eigenvalue weighted by Crippen LogP contribution is 2.66. The fourth-order valence-electron chi connectivity index (χ4n) is 11.6. The maximum atomic E-state index is 15.8. The molecule has 0 aromatic heterocycles. The number of carbonyl (C=O) groups is 5. The molecule has 434 valence electrons. The summed E-state index contributed by atoms with van der Waals surface area (Å²) in [6.45, 7) is 10.8. The first kappa shape index (κ1) is 59.8. The molecule has 5 aliphatic rings. The highest BCUT2D eigenvalue weighted by molar-refractivity contribution is 7.62. The van der Waals surface area contributed by atoms with E-state index in [1.165, 1.54) is 56.6 Å². The van der Waals surface area contributed by atoms with Crippen LogP contribution in [0.25, 0.3) is 0 Å². The van der Waals surface area contributed by atoms with Crippen molar-refractivity contribution in [1.29, 1.82) is 0 Å². The van der Waals surface area contributed by atoms with E-state index in [4.69, 9.17) is 48.9 Å². The Morgan fingerprint density at radius 2 is 1.41 bits per heavy atom. The normalized spacial score (nSPS) is 21.0. The van der Waals surface area contributed by atoms with Crippen LogP contribution in [0.15, 0.2) is 109 Å². The molecule has 6 atom stereocenters. The standard InChI is InChI=1S/C60H68BClFN4O14P/c1-58(2,3)79-56(71)48-43(63)26-22-39(51(48)75-8)30-47(61-80-46-32-41-31-45(59(41,4)5)60(46,6)81-61)64-53(68)50(65-57(72)67-29-28-66(54(69)55(67)70)33-40-23-27-44(74-7)52(76-9)49(40)62)38-20-24-42(25-21-38)82(73,77-34-36-16-12-10-13-17-36)78-35-37-18-14-11-15-19-37/h10-27,41,45-47,50H,28-35H2,1-9H3,(H,64,68)(H,65,72)/t41-,45-,46+,47?,50?,60-/m0/s1.